The summed E-state index contributed by atoms with van der Waals surface area (Å²) >= 11 is 0. The zero-order valence-corrected chi connectivity index (χ0v) is 64.2. The molecule has 9 aromatic rings. The van der Waals surface area contributed by atoms with Crippen molar-refractivity contribution in [3.8, 4) is 33.4 Å². The molecule has 0 saturated heterocycles. The van der Waals surface area contributed by atoms with E-state index in [-0.39, 0.29) is 29.7 Å². The van der Waals surface area contributed by atoms with Gasteiger partial charge in [0.15, 0.2) is 0 Å². The van der Waals surface area contributed by atoms with E-state index in [4.69, 9.17) is 37.1 Å². The summed E-state index contributed by atoms with van der Waals surface area (Å²) in [7, 11) is 16.3. The van der Waals surface area contributed by atoms with Gasteiger partial charge in [-0.3, -0.25) is 33.8 Å². The van der Waals surface area contributed by atoms with Gasteiger partial charge >= 0.3 is 17.9 Å². The predicted octanol–water partition coefficient (Wildman–Crippen LogP) is 12.4. The molecule has 0 bridgehead atoms. The molecule has 19 nitrogen and oxygen atoms in total. The number of nitrogens with one attached hydrogen (secondary N) is 3. The summed E-state index contributed by atoms with van der Waals surface area (Å²) in [6.45, 7) is 15.2. The Labute approximate surface area is 636 Å². The van der Waals surface area contributed by atoms with Gasteiger partial charge in [0, 0.05) is 77.5 Å². The number of esters is 3. The molecule has 0 heterocycles. The van der Waals surface area contributed by atoms with Gasteiger partial charge in [-0.1, -0.05) is 159 Å². The highest BCUT2D eigenvalue weighted by Gasteiger charge is 2.31. The zero-order valence-electron chi connectivity index (χ0n) is 64.2. The van der Waals surface area contributed by atoms with E-state index in [0.717, 1.165) is 89.9 Å². The average Bonchev–Trinajstić information content (AvgIpc) is 0.844. The third-order valence-corrected chi connectivity index (χ3v) is 18.4. The number of hydrogen-bond acceptors (Lipinski definition) is 14. The largest absolute Gasteiger partial charge is 0.469 e. The van der Waals surface area contributed by atoms with Crippen molar-refractivity contribution in [3.63, 3.8) is 0 Å². The summed E-state index contributed by atoms with van der Waals surface area (Å²) < 4.78 is 16.0. The highest BCUT2D eigenvalue weighted by Crippen LogP contribution is 2.28. The van der Waals surface area contributed by atoms with Crippen molar-refractivity contribution in [1.29, 1.82) is 0 Å². The van der Waals surface area contributed by atoms with Crippen LogP contribution in [0.15, 0.2) is 237 Å². The second kappa shape index (κ2) is 40.1. The fraction of sp³-hybridized carbons (Fsp3) is 0.270. The van der Waals surface area contributed by atoms with Gasteiger partial charge in [0.2, 0.25) is 0 Å². The normalized spacial score (nSPS) is 12.9. The molecule has 6 atom stereocenters. The Morgan fingerprint density at radius 3 is 1.02 bits per heavy atom. The summed E-state index contributed by atoms with van der Waals surface area (Å²) in [4.78, 5) is 82.8. The molecule has 0 spiro atoms. The average molecular weight is 1460 g/mol. The van der Waals surface area contributed by atoms with Crippen LogP contribution in [-0.4, -0.2) is 133 Å². The Hall–Kier alpha value is -11.8. The van der Waals surface area contributed by atoms with Crippen LogP contribution in [0.4, 0.5) is 0 Å². The monoisotopic (exact) mass is 1460 g/mol. The molecule has 0 radical (unpaired) electrons. The third-order valence-electron chi connectivity index (χ3n) is 18.4. The number of methoxy groups -OCH3 is 3. The molecule has 11 N–H and O–H groups in total. The molecule has 0 aliphatic carbocycles. The molecule has 3 amide bonds. The minimum absolute atomic E-state index is 0.240. The molecule has 9 rings (SSSR count). The van der Waals surface area contributed by atoms with Crippen molar-refractivity contribution in [3.05, 3.63) is 298 Å². The number of rotatable bonds is 29. The van der Waals surface area contributed by atoms with Crippen LogP contribution in [0.25, 0.3) is 44.8 Å². The molecule has 9 aromatic carbocycles. The molecular weight excluding hydrogens is 1350 g/mol. The van der Waals surface area contributed by atoms with Crippen LogP contribution in [-0.2, 0) is 67.5 Å². The van der Waals surface area contributed by atoms with Gasteiger partial charge < -0.3 is 62.5 Å². The van der Waals surface area contributed by atoms with Crippen molar-refractivity contribution < 1.29 is 47.5 Å². The van der Waals surface area contributed by atoms with Gasteiger partial charge in [0.05, 0.1) is 60.2 Å². The fourth-order valence-corrected chi connectivity index (χ4v) is 12.5. The van der Waals surface area contributed by atoms with E-state index in [9.17, 15) is 28.8 Å². The van der Waals surface area contributed by atoms with Crippen LogP contribution in [0.2, 0.25) is 0 Å². The van der Waals surface area contributed by atoms with Crippen LogP contribution in [0, 0.1) is 17.8 Å². The Bertz CT molecular complexity index is 4600. The fourth-order valence-electron chi connectivity index (χ4n) is 12.5. The van der Waals surface area contributed by atoms with Crippen LogP contribution in [0.3, 0.4) is 0 Å². The van der Waals surface area contributed by atoms with E-state index >= 15 is 0 Å². The van der Waals surface area contributed by atoms with Crippen molar-refractivity contribution in [2.45, 2.75) is 77.8 Å². The summed E-state index contributed by atoms with van der Waals surface area (Å²) in [6.07, 6.45) is 1.19. The molecule has 0 aliphatic rings. The summed E-state index contributed by atoms with van der Waals surface area (Å²) in [6, 6.07) is 68.5. The van der Waals surface area contributed by atoms with Crippen LogP contribution in [0.1, 0.15) is 102 Å². The first-order chi connectivity index (χ1) is 51.5. The van der Waals surface area contributed by atoms with Crippen molar-refractivity contribution in [2.24, 2.45) is 45.7 Å². The molecule has 564 valence electrons. The minimum Gasteiger partial charge on any atom is -0.469 e. The van der Waals surface area contributed by atoms with Gasteiger partial charge in [-0.15, -0.1) is 0 Å². The lowest BCUT2D eigenvalue weighted by atomic mass is 9.91. The van der Waals surface area contributed by atoms with Crippen LogP contribution in [0.5, 0.6) is 0 Å². The van der Waals surface area contributed by atoms with Crippen molar-refractivity contribution in [1.82, 2.24) is 20.9 Å². The topological polar surface area (TPSA) is 286 Å². The molecule has 6 unspecified atom stereocenters. The lowest BCUT2D eigenvalue weighted by Crippen LogP contribution is -2.42. The van der Waals surface area contributed by atoms with E-state index in [1.54, 1.807) is 38.2 Å². The lowest BCUT2D eigenvalue weighted by molar-refractivity contribution is -0.884. The standard InChI is InChI=1S/C31H37N3O3.C30H35N3O3.C28H32N4O3/c1-21(32)27-11-7-9-23(17-27)19-29(31(36)37-6)22(2)33-30(35)26-15-13-25(14-16-26)28-12-8-10-24(18-28)20-34(3,4)5;1-20(31)26-10-6-8-22(16-26)18-28(30(35)36-5)21(2)32-29(34)25-14-12-24(13-15-25)27-11-7-9-23(17-27)19-33(3)4;1-18(25(28(34)35-3)16-19-6-4-9-24(14-19)26(30)31-2)32-27(33)22-12-10-21(11-13-22)23-8-5-7-20(15-23)17-29/h7-18,22,29H,1,19-20,32H2,2-6H3;6-17,21,28H,1,18-19,31H2,2-5H3,(H,32,34);4-15,18,25H,16-17,29H2,1-3H3,(H2,30,31)(H,32,33)/p+1. The molecule has 0 saturated carbocycles. The third kappa shape index (κ3) is 24.9. The van der Waals surface area contributed by atoms with E-state index in [0.29, 0.717) is 59.7 Å². The number of hydrogen-bond donors (Lipinski definition) is 7. The van der Waals surface area contributed by atoms with E-state index in [1.807, 2.05) is 180 Å². The molecule has 0 fully saturated rings. The molecular formula is C89H105N10O9+. The van der Waals surface area contributed by atoms with E-state index in [1.165, 1.54) is 32.5 Å². The van der Waals surface area contributed by atoms with Gasteiger partial charge in [-0.05, 0) is 199 Å². The predicted molar refractivity (Wildman–Crippen MR) is 433 cm³/mol. The van der Waals surface area contributed by atoms with Crippen LogP contribution >= 0.6 is 0 Å². The van der Waals surface area contributed by atoms with Crippen molar-refractivity contribution >= 4 is 52.9 Å². The van der Waals surface area contributed by atoms with Gasteiger partial charge in [0.25, 0.3) is 17.7 Å². The maximum Gasteiger partial charge on any atom is 0.311 e. The molecule has 0 aromatic heterocycles. The van der Waals surface area contributed by atoms with Gasteiger partial charge in [0.1, 0.15) is 12.4 Å². The quantitative estimate of drug-likeness (QED) is 0.00755. The SMILES string of the molecule is C=C(N)c1cccc(CC(C(=O)OC)C(C)NC(=O)c2ccc(-c3cccc(CN(C)C)c3)cc2)c1.C=C(N)c1cccc(CC(C(=O)OC)C(C)NC(=O)c2ccc(-c3cccc(C[N+](C)(C)C)c3)cc2)c1.CN=C(N)c1cccc(CC(C(=O)OC)C(C)NC(=O)c2ccc(-c3cccc(CN)c3)cc2)c1. The number of nitrogens with zero attached hydrogens (tertiary/aromatic N) is 3. The number of aliphatic imine (C=N–C) groups is 1. The summed E-state index contributed by atoms with van der Waals surface area (Å²) in [5, 5.41) is 8.90. The second-order valence-corrected chi connectivity index (χ2v) is 28.3. The maximum atomic E-state index is 13.0. The highest BCUT2D eigenvalue weighted by atomic mass is 16.5. The number of nitrogens with two attached hydrogens (primary N) is 4. The van der Waals surface area contributed by atoms with Crippen LogP contribution < -0.4 is 38.9 Å². The van der Waals surface area contributed by atoms with Gasteiger partial charge in [-0.2, -0.15) is 0 Å². The number of amidine groups is 1. The number of carbonyl (C=O) groups excluding carboxylic acids is 6. The molecule has 108 heavy (non-hydrogen) atoms. The summed E-state index contributed by atoms with van der Waals surface area (Å²) in [5.41, 5.74) is 40.8. The first-order valence-electron chi connectivity index (χ1n) is 35.8. The van der Waals surface area contributed by atoms with Gasteiger partial charge in [-0.25, -0.2) is 0 Å². The molecule has 19 heteroatoms. The Morgan fingerprint density at radius 1 is 0.407 bits per heavy atom. The number of ether oxygens (including phenoxy) is 3. The van der Waals surface area contributed by atoms with E-state index in [2.05, 4.69) is 103 Å². The maximum absolute atomic E-state index is 13.0. The first-order valence-corrected chi connectivity index (χ1v) is 35.8. The second-order valence-electron chi connectivity index (χ2n) is 28.3. The Morgan fingerprint density at radius 2 is 0.704 bits per heavy atom. The first kappa shape index (κ1) is 83.5. The number of benzene rings is 9. The Balaban J connectivity index is 0.000000226. The number of quaternary nitrogens is 1. The molecule has 0 aliphatic heterocycles. The number of carbonyl (C=O) groups is 6. The minimum atomic E-state index is -0.572. The zero-order chi connectivity index (χ0) is 78.8. The summed E-state index contributed by atoms with van der Waals surface area (Å²) in [5.74, 6) is -3.17. The van der Waals surface area contributed by atoms with Crippen molar-refractivity contribution in [2.75, 3.05) is 63.6 Å². The highest BCUT2D eigenvalue weighted by molar-refractivity contribution is 5.98. The Kier molecular flexibility index (Phi) is 31.0. The van der Waals surface area contributed by atoms with E-state index < -0.39 is 41.8 Å². The lowest BCUT2D eigenvalue weighted by Gasteiger charge is -2.24. The number of amides is 3. The smallest absolute Gasteiger partial charge is 0.311 e.